The maximum absolute atomic E-state index is 6.40. The maximum atomic E-state index is 6.40. The lowest BCUT2D eigenvalue weighted by Crippen LogP contribution is -2.33. The van der Waals surface area contributed by atoms with Gasteiger partial charge in [0, 0.05) is 24.0 Å². The van der Waals surface area contributed by atoms with Crippen LogP contribution in [0, 0.1) is 0 Å². The van der Waals surface area contributed by atoms with Gasteiger partial charge in [0.25, 0.3) is 0 Å². The Balaban J connectivity index is 1.28. The molecule has 3 aromatic heterocycles. The van der Waals surface area contributed by atoms with Crippen molar-refractivity contribution in [2.75, 3.05) is 6.61 Å². The van der Waals surface area contributed by atoms with E-state index in [0.717, 1.165) is 21.9 Å². The van der Waals surface area contributed by atoms with Gasteiger partial charge in [-0.1, -0.05) is 11.6 Å². The number of fused-ring (bicyclic) bond motifs is 3. The van der Waals surface area contributed by atoms with Gasteiger partial charge in [0.15, 0.2) is 12.0 Å². The Labute approximate surface area is 189 Å². The second-order valence-electron chi connectivity index (χ2n) is 8.45. The largest absolute Gasteiger partial charge is 0.491 e. The fourth-order valence-electron chi connectivity index (χ4n) is 4.49. The summed E-state index contributed by atoms with van der Waals surface area (Å²) in [6.45, 7) is 4.14. The smallest absolute Gasteiger partial charge is 0.164 e. The molecule has 0 aliphatic carbocycles. The van der Waals surface area contributed by atoms with Crippen molar-refractivity contribution in [2.45, 2.75) is 44.2 Å². The van der Waals surface area contributed by atoms with Crippen molar-refractivity contribution < 1.29 is 18.9 Å². The summed E-state index contributed by atoms with van der Waals surface area (Å²) in [6, 6.07) is 9.76. The monoisotopic (exact) mass is 452 g/mol. The highest BCUT2D eigenvalue weighted by atomic mass is 35.5. The number of aromatic nitrogens is 4. The summed E-state index contributed by atoms with van der Waals surface area (Å²) in [5.41, 5.74) is 0.687. The van der Waals surface area contributed by atoms with Gasteiger partial charge in [-0.3, -0.25) is 4.98 Å². The zero-order valence-electron chi connectivity index (χ0n) is 17.5. The third-order valence-corrected chi connectivity index (χ3v) is 6.19. The Morgan fingerprint density at radius 1 is 1.09 bits per heavy atom. The van der Waals surface area contributed by atoms with Gasteiger partial charge in [-0.25, -0.2) is 9.97 Å². The van der Waals surface area contributed by atoms with Crippen LogP contribution in [-0.4, -0.2) is 50.2 Å². The van der Waals surface area contributed by atoms with E-state index in [1.165, 1.54) is 6.33 Å². The molecule has 9 heteroatoms. The molecule has 0 radical (unpaired) electrons. The second kappa shape index (κ2) is 7.38. The molecule has 0 amide bonds. The van der Waals surface area contributed by atoms with Gasteiger partial charge >= 0.3 is 0 Å². The SMILES string of the molecule is CC1(C)O[C@@H]2[C@H](O1)[C@@H](COc1ccc3cnccc3c1)O[C@H]2n1ccc2c(Cl)ncnc21. The van der Waals surface area contributed by atoms with E-state index in [9.17, 15) is 0 Å². The van der Waals surface area contributed by atoms with E-state index >= 15 is 0 Å². The molecule has 0 unspecified atom stereocenters. The maximum Gasteiger partial charge on any atom is 0.164 e. The Bertz CT molecular complexity index is 1310. The minimum absolute atomic E-state index is 0.283. The molecule has 2 aliphatic heterocycles. The number of rotatable bonds is 4. The number of hydrogen-bond donors (Lipinski definition) is 0. The average molecular weight is 453 g/mol. The van der Waals surface area contributed by atoms with Crippen molar-refractivity contribution in [3.8, 4) is 5.75 Å². The summed E-state index contributed by atoms with van der Waals surface area (Å²) in [7, 11) is 0. The molecular formula is C23H21ClN4O4. The molecule has 8 nitrogen and oxygen atoms in total. The summed E-state index contributed by atoms with van der Waals surface area (Å²) in [5, 5.41) is 3.29. The highest BCUT2D eigenvalue weighted by Gasteiger charge is 2.56. The van der Waals surface area contributed by atoms with Crippen molar-refractivity contribution >= 4 is 33.4 Å². The molecule has 164 valence electrons. The van der Waals surface area contributed by atoms with Crippen LogP contribution in [0.3, 0.4) is 0 Å². The molecule has 5 heterocycles. The van der Waals surface area contributed by atoms with Gasteiger partial charge in [0.05, 0.1) is 5.39 Å². The second-order valence-corrected chi connectivity index (χ2v) is 8.81. The summed E-state index contributed by atoms with van der Waals surface area (Å²) in [5.74, 6) is 0.0395. The van der Waals surface area contributed by atoms with Gasteiger partial charge in [-0.2, -0.15) is 0 Å². The molecule has 4 aromatic rings. The van der Waals surface area contributed by atoms with E-state index in [4.69, 9.17) is 30.5 Å². The minimum atomic E-state index is -0.721. The highest BCUT2D eigenvalue weighted by Crippen LogP contribution is 2.44. The lowest BCUT2D eigenvalue weighted by Gasteiger charge is -2.25. The third-order valence-electron chi connectivity index (χ3n) is 5.89. The van der Waals surface area contributed by atoms with E-state index in [2.05, 4.69) is 15.0 Å². The number of nitrogens with zero attached hydrogens (tertiary/aromatic N) is 4. The molecule has 0 saturated carbocycles. The van der Waals surface area contributed by atoms with Crippen LogP contribution in [0.5, 0.6) is 5.75 Å². The van der Waals surface area contributed by atoms with E-state index < -0.39 is 12.0 Å². The van der Waals surface area contributed by atoms with E-state index in [1.807, 2.05) is 61.1 Å². The number of pyridine rings is 1. The fourth-order valence-corrected chi connectivity index (χ4v) is 4.68. The molecular weight excluding hydrogens is 432 g/mol. The number of benzene rings is 1. The van der Waals surface area contributed by atoms with Gasteiger partial charge in [-0.05, 0) is 49.6 Å². The fraction of sp³-hybridized carbons (Fsp3) is 0.348. The Kier molecular flexibility index (Phi) is 4.58. The number of hydrogen-bond acceptors (Lipinski definition) is 7. The van der Waals surface area contributed by atoms with Crippen molar-refractivity contribution in [1.82, 2.24) is 19.5 Å². The van der Waals surface area contributed by atoms with Crippen LogP contribution in [0.4, 0.5) is 0 Å². The van der Waals surface area contributed by atoms with Crippen LogP contribution in [0.1, 0.15) is 20.1 Å². The molecule has 32 heavy (non-hydrogen) atoms. The Hall–Kier alpha value is -2.78. The number of halogens is 1. The summed E-state index contributed by atoms with van der Waals surface area (Å²) in [4.78, 5) is 12.6. The van der Waals surface area contributed by atoms with E-state index in [1.54, 1.807) is 6.20 Å². The van der Waals surface area contributed by atoms with Crippen LogP contribution in [0.2, 0.25) is 5.15 Å². The Morgan fingerprint density at radius 3 is 2.88 bits per heavy atom. The van der Waals surface area contributed by atoms with E-state index in [-0.39, 0.29) is 18.3 Å². The van der Waals surface area contributed by atoms with Crippen LogP contribution in [0.25, 0.3) is 21.8 Å². The third kappa shape index (κ3) is 3.31. The molecule has 2 aliphatic rings. The van der Waals surface area contributed by atoms with Crippen molar-refractivity contribution in [3.63, 3.8) is 0 Å². The molecule has 2 saturated heterocycles. The van der Waals surface area contributed by atoms with Crippen LogP contribution in [0.15, 0.2) is 55.2 Å². The molecule has 0 spiro atoms. The predicted molar refractivity (Wildman–Crippen MR) is 118 cm³/mol. The zero-order chi connectivity index (χ0) is 21.9. The van der Waals surface area contributed by atoms with Crippen molar-refractivity contribution in [1.29, 1.82) is 0 Å². The number of ether oxygens (including phenoxy) is 4. The van der Waals surface area contributed by atoms with Crippen LogP contribution < -0.4 is 4.74 Å². The minimum Gasteiger partial charge on any atom is -0.491 e. The Morgan fingerprint density at radius 2 is 1.97 bits per heavy atom. The molecule has 0 bridgehead atoms. The zero-order valence-corrected chi connectivity index (χ0v) is 18.3. The molecule has 4 atom stereocenters. The average Bonchev–Trinajstić information content (AvgIpc) is 3.44. The molecule has 6 rings (SSSR count). The summed E-state index contributed by atoms with van der Waals surface area (Å²) in [6.07, 6.45) is 5.58. The van der Waals surface area contributed by atoms with Crippen LogP contribution >= 0.6 is 11.6 Å². The van der Waals surface area contributed by atoms with Gasteiger partial charge in [0.2, 0.25) is 0 Å². The first kappa shape index (κ1) is 19.9. The first-order valence-corrected chi connectivity index (χ1v) is 10.8. The molecule has 2 fully saturated rings. The van der Waals surface area contributed by atoms with E-state index in [0.29, 0.717) is 17.4 Å². The summed E-state index contributed by atoms with van der Waals surface area (Å²) < 4.78 is 26.9. The van der Waals surface area contributed by atoms with Gasteiger partial charge in [-0.15, -0.1) is 0 Å². The standard InChI is InChI=1S/C23H21ClN4O4/c1-23(2)31-18-17(11-29-15-4-3-14-10-25-7-5-13(14)9-15)30-22(19(18)32-23)28-8-6-16-20(24)26-12-27-21(16)28/h3-10,12,17-19,22H,11H2,1-2H3/t17-,18-,19-,22-/m1/s1. The lowest BCUT2D eigenvalue weighted by atomic mass is 10.1. The van der Waals surface area contributed by atoms with Gasteiger partial charge < -0.3 is 23.5 Å². The normalized spacial score (nSPS) is 26.6. The molecule has 0 N–H and O–H groups in total. The quantitative estimate of drug-likeness (QED) is 0.430. The highest BCUT2D eigenvalue weighted by molar-refractivity contribution is 6.33. The van der Waals surface area contributed by atoms with Crippen molar-refractivity contribution in [2.24, 2.45) is 0 Å². The first-order chi connectivity index (χ1) is 15.5. The van der Waals surface area contributed by atoms with Crippen LogP contribution in [-0.2, 0) is 14.2 Å². The first-order valence-electron chi connectivity index (χ1n) is 10.4. The lowest BCUT2D eigenvalue weighted by molar-refractivity contribution is -0.198. The van der Waals surface area contributed by atoms with Gasteiger partial charge in [0.1, 0.15) is 47.8 Å². The predicted octanol–water partition coefficient (Wildman–Crippen LogP) is 4.13. The topological polar surface area (TPSA) is 80.5 Å². The summed E-state index contributed by atoms with van der Waals surface area (Å²) >= 11 is 6.24. The van der Waals surface area contributed by atoms with Crippen molar-refractivity contribution in [3.05, 3.63) is 60.4 Å². The molecule has 1 aromatic carbocycles.